The van der Waals surface area contributed by atoms with Gasteiger partial charge in [0.1, 0.15) is 0 Å². The molecule has 0 spiro atoms. The molecule has 0 aliphatic carbocycles. The second-order valence-corrected chi connectivity index (χ2v) is 6.02. The van der Waals surface area contributed by atoms with Crippen molar-refractivity contribution in [1.29, 1.82) is 0 Å². The van der Waals surface area contributed by atoms with Gasteiger partial charge in [-0.05, 0) is 31.1 Å². The molecule has 0 amide bonds. The van der Waals surface area contributed by atoms with Crippen LogP contribution in [0.4, 0.5) is 0 Å². The standard InChI is InChI=1S/C8H19ClOS/c1-11(2)6-4-3-5-8(10)7-9/h8,10-11H,3-7H2,1-2H3. The largest absolute Gasteiger partial charge is 0.392 e. The van der Waals surface area contributed by atoms with Gasteiger partial charge < -0.3 is 5.11 Å². The van der Waals surface area contributed by atoms with Crippen molar-refractivity contribution in [2.75, 3.05) is 24.1 Å². The first-order valence-electron chi connectivity index (χ1n) is 4.05. The highest BCUT2D eigenvalue weighted by Crippen LogP contribution is 2.16. The molecule has 3 heteroatoms. The SMILES string of the molecule is C[SH](C)CCCCC(O)CCl. The zero-order chi connectivity index (χ0) is 8.69. The Kier molecular flexibility index (Phi) is 7.66. The molecule has 0 aliphatic heterocycles. The van der Waals surface area contributed by atoms with Crippen LogP contribution < -0.4 is 0 Å². The van der Waals surface area contributed by atoms with E-state index in [-0.39, 0.29) is 17.0 Å². The topological polar surface area (TPSA) is 20.2 Å². The lowest BCUT2D eigenvalue weighted by Crippen LogP contribution is -2.07. The van der Waals surface area contributed by atoms with Crippen LogP contribution in [0.3, 0.4) is 0 Å². The highest BCUT2D eigenvalue weighted by Gasteiger charge is 2.00. The van der Waals surface area contributed by atoms with Crippen LogP contribution in [-0.4, -0.2) is 35.4 Å². The van der Waals surface area contributed by atoms with E-state index in [1.807, 2.05) is 0 Å². The lowest BCUT2D eigenvalue weighted by atomic mass is 10.2. The van der Waals surface area contributed by atoms with Crippen LogP contribution in [0.15, 0.2) is 0 Å². The third-order valence-electron chi connectivity index (χ3n) is 1.57. The molecule has 1 atom stereocenters. The number of thiol groups is 1. The molecule has 0 saturated carbocycles. The van der Waals surface area contributed by atoms with Crippen LogP contribution in [0.1, 0.15) is 19.3 Å². The van der Waals surface area contributed by atoms with Crippen LogP contribution in [0.5, 0.6) is 0 Å². The van der Waals surface area contributed by atoms with Crippen molar-refractivity contribution in [3.63, 3.8) is 0 Å². The van der Waals surface area contributed by atoms with Crippen LogP contribution in [0.2, 0.25) is 0 Å². The van der Waals surface area contributed by atoms with Crippen molar-refractivity contribution >= 4 is 22.5 Å². The second kappa shape index (κ2) is 7.26. The van der Waals surface area contributed by atoms with Crippen molar-refractivity contribution in [2.45, 2.75) is 25.4 Å². The van der Waals surface area contributed by atoms with E-state index in [9.17, 15) is 0 Å². The van der Waals surface area contributed by atoms with Gasteiger partial charge in [0.05, 0.1) is 6.10 Å². The van der Waals surface area contributed by atoms with E-state index in [1.165, 1.54) is 12.2 Å². The number of aliphatic hydroxyl groups excluding tert-OH is 1. The summed E-state index contributed by atoms with van der Waals surface area (Å²) in [6.45, 7) is 0. The summed E-state index contributed by atoms with van der Waals surface area (Å²) < 4.78 is 0. The van der Waals surface area contributed by atoms with E-state index < -0.39 is 0 Å². The summed E-state index contributed by atoms with van der Waals surface area (Å²) in [5.74, 6) is 1.71. The summed E-state index contributed by atoms with van der Waals surface area (Å²) in [6.07, 6.45) is 7.52. The van der Waals surface area contributed by atoms with Gasteiger partial charge in [0.25, 0.3) is 0 Å². The fourth-order valence-electron chi connectivity index (χ4n) is 0.885. The van der Waals surface area contributed by atoms with Crippen LogP contribution in [0.25, 0.3) is 0 Å². The summed E-state index contributed by atoms with van der Waals surface area (Å²) in [6, 6.07) is 0. The summed E-state index contributed by atoms with van der Waals surface area (Å²) in [7, 11) is 0.250. The number of rotatable bonds is 6. The third kappa shape index (κ3) is 8.51. The lowest BCUT2D eigenvalue weighted by Gasteiger charge is -2.09. The smallest absolute Gasteiger partial charge is 0.0675 e. The number of alkyl halides is 1. The number of hydrogen-bond acceptors (Lipinski definition) is 1. The van der Waals surface area contributed by atoms with Crippen LogP contribution in [-0.2, 0) is 0 Å². The summed E-state index contributed by atoms with van der Waals surface area (Å²) in [4.78, 5) is 0. The number of halogens is 1. The third-order valence-corrected chi connectivity index (χ3v) is 3.14. The molecule has 0 aromatic carbocycles. The van der Waals surface area contributed by atoms with E-state index in [1.54, 1.807) is 0 Å². The minimum atomic E-state index is -0.281. The summed E-state index contributed by atoms with van der Waals surface area (Å²) >= 11 is 5.45. The number of hydrogen-bond donors (Lipinski definition) is 2. The van der Waals surface area contributed by atoms with Gasteiger partial charge in [-0.25, -0.2) is 0 Å². The van der Waals surface area contributed by atoms with Crippen molar-refractivity contribution in [2.24, 2.45) is 0 Å². The molecule has 0 aliphatic rings. The first kappa shape index (κ1) is 11.6. The van der Waals surface area contributed by atoms with Gasteiger partial charge in [-0.2, -0.15) is 0 Å². The van der Waals surface area contributed by atoms with Crippen LogP contribution >= 0.6 is 22.5 Å². The van der Waals surface area contributed by atoms with Gasteiger partial charge in [-0.3, -0.25) is 10.9 Å². The molecule has 11 heavy (non-hydrogen) atoms. The monoisotopic (exact) mass is 198 g/mol. The van der Waals surface area contributed by atoms with Crippen molar-refractivity contribution < 1.29 is 5.11 Å². The number of unbranched alkanes of at least 4 members (excludes halogenated alkanes) is 1. The summed E-state index contributed by atoms with van der Waals surface area (Å²) in [5, 5.41) is 9.10. The molecule has 0 heterocycles. The maximum atomic E-state index is 9.10. The Labute approximate surface area is 77.5 Å². The molecule has 0 radical (unpaired) electrons. The maximum Gasteiger partial charge on any atom is 0.0675 e. The molecule has 0 aromatic rings. The van der Waals surface area contributed by atoms with Gasteiger partial charge >= 0.3 is 0 Å². The first-order valence-corrected chi connectivity index (χ1v) is 7.01. The highest BCUT2D eigenvalue weighted by atomic mass is 35.5. The fourth-order valence-corrected chi connectivity index (χ4v) is 1.90. The van der Waals surface area contributed by atoms with Crippen molar-refractivity contribution in [1.82, 2.24) is 0 Å². The minimum Gasteiger partial charge on any atom is -0.392 e. The zero-order valence-electron chi connectivity index (χ0n) is 7.39. The lowest BCUT2D eigenvalue weighted by molar-refractivity contribution is 0.184. The van der Waals surface area contributed by atoms with Gasteiger partial charge in [0.15, 0.2) is 0 Å². The van der Waals surface area contributed by atoms with Crippen molar-refractivity contribution in [3.05, 3.63) is 0 Å². The van der Waals surface area contributed by atoms with E-state index in [0.29, 0.717) is 5.88 Å². The van der Waals surface area contributed by atoms with E-state index in [4.69, 9.17) is 16.7 Å². The maximum absolute atomic E-state index is 9.10. The Balaban J connectivity index is 3.01. The molecular weight excluding hydrogens is 180 g/mol. The Hall–Kier alpha value is 0.600. The second-order valence-electron chi connectivity index (χ2n) is 3.11. The Morgan fingerprint density at radius 1 is 1.36 bits per heavy atom. The van der Waals surface area contributed by atoms with E-state index >= 15 is 0 Å². The van der Waals surface area contributed by atoms with Gasteiger partial charge in [0, 0.05) is 5.88 Å². The molecule has 1 nitrogen and oxygen atoms in total. The molecule has 70 valence electrons. The molecule has 0 rings (SSSR count). The predicted octanol–water partition coefficient (Wildman–Crippen LogP) is 2.02. The molecule has 1 unspecified atom stereocenters. The number of aliphatic hydroxyl groups is 1. The Bertz CT molecular complexity index is 88.2. The normalized spacial score (nSPS) is 14.7. The van der Waals surface area contributed by atoms with Gasteiger partial charge in [0.2, 0.25) is 0 Å². The van der Waals surface area contributed by atoms with E-state index in [2.05, 4.69) is 12.5 Å². The molecule has 0 fully saturated rings. The first-order chi connectivity index (χ1) is 5.16. The quantitative estimate of drug-likeness (QED) is 0.380. The zero-order valence-corrected chi connectivity index (χ0v) is 9.04. The Morgan fingerprint density at radius 2 is 2.00 bits per heavy atom. The van der Waals surface area contributed by atoms with Crippen LogP contribution in [0, 0.1) is 0 Å². The predicted molar refractivity (Wildman–Crippen MR) is 56.3 cm³/mol. The highest BCUT2D eigenvalue weighted by molar-refractivity contribution is 8.15. The molecule has 0 bridgehead atoms. The average molecular weight is 199 g/mol. The fraction of sp³-hybridized carbons (Fsp3) is 1.00. The molecule has 0 aromatic heterocycles. The Morgan fingerprint density at radius 3 is 2.45 bits per heavy atom. The van der Waals surface area contributed by atoms with Crippen molar-refractivity contribution in [3.8, 4) is 0 Å². The molecule has 0 saturated heterocycles. The minimum absolute atomic E-state index is 0.250. The summed E-state index contributed by atoms with van der Waals surface area (Å²) in [5.41, 5.74) is 0. The van der Waals surface area contributed by atoms with Gasteiger partial charge in [-0.1, -0.05) is 6.42 Å². The molecular formula is C8H19ClOS. The van der Waals surface area contributed by atoms with E-state index in [0.717, 1.165) is 12.8 Å². The average Bonchev–Trinajstić information content (AvgIpc) is 1.97. The van der Waals surface area contributed by atoms with Gasteiger partial charge in [-0.15, -0.1) is 11.6 Å². The molecule has 1 N–H and O–H groups in total.